The van der Waals surface area contributed by atoms with Crippen LogP contribution in [0.25, 0.3) is 0 Å². The van der Waals surface area contributed by atoms with Crippen molar-refractivity contribution >= 4 is 37.6 Å². The molecule has 1 fully saturated rings. The quantitative estimate of drug-likeness (QED) is 0.767. The fourth-order valence-corrected chi connectivity index (χ4v) is 4.11. The number of benzene rings is 1. The van der Waals surface area contributed by atoms with E-state index in [4.69, 9.17) is 11.6 Å². The number of hydrogen-bond acceptors (Lipinski definition) is 2. The summed E-state index contributed by atoms with van der Waals surface area (Å²) in [7, 11) is -3.38. The monoisotopic (exact) mass is 351 g/mol. The van der Waals surface area contributed by atoms with Gasteiger partial charge >= 0.3 is 0 Å². The lowest BCUT2D eigenvalue weighted by molar-refractivity contribution is 0.292. The van der Waals surface area contributed by atoms with E-state index in [9.17, 15) is 8.42 Å². The van der Waals surface area contributed by atoms with Crippen molar-refractivity contribution in [1.82, 2.24) is 4.31 Å². The standard InChI is InChI=1S/C12H15BrClNO2S/c1-9-8-15(7-6-12(9)13)18(16,17)11-4-2-10(14)3-5-11/h2-5,9,12H,6-8H2,1H3. The van der Waals surface area contributed by atoms with Crippen molar-refractivity contribution in [2.75, 3.05) is 13.1 Å². The van der Waals surface area contributed by atoms with Crippen molar-refractivity contribution in [3.8, 4) is 0 Å². The van der Waals surface area contributed by atoms with E-state index in [0.29, 0.717) is 33.8 Å². The summed E-state index contributed by atoms with van der Waals surface area (Å²) in [5, 5.41) is 0.543. The van der Waals surface area contributed by atoms with Gasteiger partial charge in [0.1, 0.15) is 0 Å². The Morgan fingerprint density at radius 3 is 2.50 bits per heavy atom. The Kier molecular flexibility index (Phi) is 4.36. The zero-order valence-corrected chi connectivity index (χ0v) is 13.2. The second-order valence-corrected chi connectivity index (χ2v) is 8.15. The molecule has 2 atom stereocenters. The third-order valence-corrected chi connectivity index (χ3v) is 6.71. The molecule has 6 heteroatoms. The van der Waals surface area contributed by atoms with Gasteiger partial charge in [-0.05, 0) is 36.6 Å². The van der Waals surface area contributed by atoms with Crippen molar-refractivity contribution in [1.29, 1.82) is 0 Å². The molecule has 0 radical (unpaired) electrons. The zero-order valence-electron chi connectivity index (χ0n) is 10.0. The van der Waals surface area contributed by atoms with Crippen LogP contribution in [0.3, 0.4) is 0 Å². The van der Waals surface area contributed by atoms with Crippen LogP contribution in [0, 0.1) is 5.92 Å². The van der Waals surface area contributed by atoms with Crippen molar-refractivity contribution in [3.63, 3.8) is 0 Å². The molecule has 0 aromatic heterocycles. The highest BCUT2D eigenvalue weighted by molar-refractivity contribution is 9.09. The molecule has 1 saturated heterocycles. The first-order chi connectivity index (χ1) is 8.41. The van der Waals surface area contributed by atoms with Gasteiger partial charge in [0.2, 0.25) is 10.0 Å². The molecule has 0 spiro atoms. The molecule has 2 rings (SSSR count). The predicted molar refractivity (Wildman–Crippen MR) is 76.7 cm³/mol. The molecule has 1 aromatic rings. The minimum Gasteiger partial charge on any atom is -0.207 e. The Labute approximate surface area is 121 Å². The third-order valence-electron chi connectivity index (χ3n) is 3.21. The summed E-state index contributed by atoms with van der Waals surface area (Å²) < 4.78 is 26.4. The smallest absolute Gasteiger partial charge is 0.207 e. The molecule has 0 aliphatic carbocycles. The minimum atomic E-state index is -3.38. The maximum absolute atomic E-state index is 12.4. The van der Waals surface area contributed by atoms with Gasteiger partial charge in [-0.15, -0.1) is 0 Å². The lowest BCUT2D eigenvalue weighted by Crippen LogP contribution is -2.43. The molecule has 1 heterocycles. The first-order valence-electron chi connectivity index (χ1n) is 5.81. The molecule has 0 amide bonds. The van der Waals surface area contributed by atoms with Crippen LogP contribution >= 0.6 is 27.5 Å². The molecule has 18 heavy (non-hydrogen) atoms. The fourth-order valence-electron chi connectivity index (χ4n) is 2.05. The minimum absolute atomic E-state index is 0.312. The van der Waals surface area contributed by atoms with E-state index in [1.807, 2.05) is 0 Å². The van der Waals surface area contributed by atoms with E-state index in [0.717, 1.165) is 6.42 Å². The average Bonchev–Trinajstić information content (AvgIpc) is 2.33. The van der Waals surface area contributed by atoms with Crippen LogP contribution in [0.1, 0.15) is 13.3 Å². The summed E-state index contributed by atoms with van der Waals surface area (Å²) >= 11 is 9.35. The summed E-state index contributed by atoms with van der Waals surface area (Å²) in [6, 6.07) is 6.33. The summed E-state index contributed by atoms with van der Waals surface area (Å²) in [6.07, 6.45) is 0.841. The van der Waals surface area contributed by atoms with Crippen molar-refractivity contribution < 1.29 is 8.42 Å². The Morgan fingerprint density at radius 2 is 1.94 bits per heavy atom. The highest BCUT2D eigenvalue weighted by Crippen LogP contribution is 2.28. The predicted octanol–water partition coefficient (Wildman–Crippen LogP) is 3.13. The normalized spacial score (nSPS) is 26.2. The van der Waals surface area contributed by atoms with Gasteiger partial charge in [0.25, 0.3) is 0 Å². The molecule has 1 aliphatic heterocycles. The Morgan fingerprint density at radius 1 is 1.33 bits per heavy atom. The molecule has 0 bridgehead atoms. The van der Waals surface area contributed by atoms with Gasteiger partial charge in [-0.2, -0.15) is 4.31 Å². The molecular formula is C12H15BrClNO2S. The molecule has 0 saturated carbocycles. The van der Waals surface area contributed by atoms with E-state index in [1.54, 1.807) is 28.6 Å². The molecular weight excluding hydrogens is 338 g/mol. The summed E-state index contributed by atoms with van der Waals surface area (Å²) in [5.41, 5.74) is 0. The Bertz CT molecular complexity index is 517. The van der Waals surface area contributed by atoms with Crippen LogP contribution in [0.15, 0.2) is 29.2 Å². The van der Waals surface area contributed by atoms with E-state index in [2.05, 4.69) is 22.9 Å². The number of rotatable bonds is 2. The number of halogens is 2. The van der Waals surface area contributed by atoms with Crippen LogP contribution < -0.4 is 0 Å². The number of alkyl halides is 1. The third kappa shape index (κ3) is 2.90. The van der Waals surface area contributed by atoms with E-state index < -0.39 is 10.0 Å². The number of nitrogens with zero attached hydrogens (tertiary/aromatic N) is 1. The van der Waals surface area contributed by atoms with Crippen LogP contribution in [-0.2, 0) is 10.0 Å². The van der Waals surface area contributed by atoms with Crippen LogP contribution in [0.2, 0.25) is 5.02 Å². The van der Waals surface area contributed by atoms with E-state index in [1.165, 1.54) is 0 Å². The van der Waals surface area contributed by atoms with Gasteiger partial charge in [-0.1, -0.05) is 34.5 Å². The van der Waals surface area contributed by atoms with Crippen LogP contribution in [0.5, 0.6) is 0 Å². The van der Waals surface area contributed by atoms with Gasteiger partial charge in [0, 0.05) is 22.9 Å². The van der Waals surface area contributed by atoms with Crippen molar-refractivity contribution in [3.05, 3.63) is 29.3 Å². The van der Waals surface area contributed by atoms with Gasteiger partial charge in [-0.25, -0.2) is 8.42 Å². The van der Waals surface area contributed by atoms with Crippen molar-refractivity contribution in [2.24, 2.45) is 5.92 Å². The zero-order chi connectivity index (χ0) is 13.3. The molecule has 3 nitrogen and oxygen atoms in total. The highest BCUT2D eigenvalue weighted by Gasteiger charge is 2.32. The topological polar surface area (TPSA) is 37.4 Å². The van der Waals surface area contributed by atoms with Gasteiger partial charge in [-0.3, -0.25) is 0 Å². The second kappa shape index (κ2) is 5.49. The SMILES string of the molecule is CC1CN(S(=O)(=O)c2ccc(Cl)cc2)CCC1Br. The summed E-state index contributed by atoms with van der Waals surface area (Å²) in [5.74, 6) is 0.320. The maximum atomic E-state index is 12.4. The highest BCUT2D eigenvalue weighted by atomic mass is 79.9. The Balaban J connectivity index is 2.24. The first-order valence-corrected chi connectivity index (χ1v) is 8.54. The molecule has 0 N–H and O–H groups in total. The fraction of sp³-hybridized carbons (Fsp3) is 0.500. The molecule has 1 aromatic carbocycles. The van der Waals surface area contributed by atoms with Crippen LogP contribution in [0.4, 0.5) is 0 Å². The summed E-state index contributed by atoms with van der Waals surface area (Å²) in [6.45, 7) is 3.18. The number of sulfonamides is 1. The van der Waals surface area contributed by atoms with Gasteiger partial charge < -0.3 is 0 Å². The molecule has 100 valence electrons. The largest absolute Gasteiger partial charge is 0.243 e. The number of hydrogen-bond donors (Lipinski definition) is 0. The molecule has 2 unspecified atom stereocenters. The first kappa shape index (κ1) is 14.3. The summed E-state index contributed by atoms with van der Waals surface area (Å²) in [4.78, 5) is 0.710. The lowest BCUT2D eigenvalue weighted by atomic mass is 10.0. The second-order valence-electron chi connectivity index (χ2n) is 4.60. The van der Waals surface area contributed by atoms with E-state index >= 15 is 0 Å². The van der Waals surface area contributed by atoms with E-state index in [-0.39, 0.29) is 0 Å². The Hall–Kier alpha value is -0.100. The number of piperidine rings is 1. The van der Waals surface area contributed by atoms with Crippen molar-refractivity contribution in [2.45, 2.75) is 23.1 Å². The lowest BCUT2D eigenvalue weighted by Gasteiger charge is -2.33. The van der Waals surface area contributed by atoms with Gasteiger partial charge in [0.05, 0.1) is 4.90 Å². The van der Waals surface area contributed by atoms with Crippen LogP contribution in [-0.4, -0.2) is 30.6 Å². The average molecular weight is 353 g/mol. The molecule has 1 aliphatic rings. The van der Waals surface area contributed by atoms with Gasteiger partial charge in [0.15, 0.2) is 0 Å². The maximum Gasteiger partial charge on any atom is 0.243 e.